The van der Waals surface area contributed by atoms with E-state index in [1.165, 1.54) is 6.07 Å². The van der Waals surface area contributed by atoms with Crippen molar-refractivity contribution in [2.45, 2.75) is 13.0 Å². The summed E-state index contributed by atoms with van der Waals surface area (Å²) in [7, 11) is 0. The van der Waals surface area contributed by atoms with Crippen LogP contribution in [0.4, 0.5) is 17.6 Å². The van der Waals surface area contributed by atoms with Gasteiger partial charge in [-0.3, -0.25) is 0 Å². The number of ether oxygens (including phenoxy) is 1. The molecule has 0 aromatic heterocycles. The quantitative estimate of drug-likeness (QED) is 0.593. The second-order valence-corrected chi connectivity index (χ2v) is 3.38. The van der Waals surface area contributed by atoms with E-state index in [1.807, 2.05) is 0 Å². The molecule has 0 amide bonds. The van der Waals surface area contributed by atoms with Gasteiger partial charge in [0.25, 0.3) is 6.43 Å². The maximum atomic E-state index is 13.1. The fraction of sp³-hybridized carbons (Fsp3) is 0.455. The average Bonchev–Trinajstić information content (AvgIpc) is 2.25. The van der Waals surface area contributed by atoms with Crippen molar-refractivity contribution >= 4 is 0 Å². The minimum Gasteiger partial charge on any atom is -0.374 e. The molecule has 0 unspecified atom stereocenters. The monoisotopic (exact) mass is 251 g/mol. The molecule has 0 aliphatic rings. The predicted molar refractivity (Wildman–Crippen MR) is 54.9 cm³/mol. The summed E-state index contributed by atoms with van der Waals surface area (Å²) in [4.78, 5) is 0. The highest BCUT2D eigenvalue weighted by molar-refractivity contribution is 5.18. The minimum atomic E-state index is -2.48. The standard InChI is InChI=1S/C11H13F4NO/c12-9-2-1-8(10(13)5-9)6-16-3-4-17-7-11(14)15/h1-2,5,11,16H,3-4,6-7H2. The van der Waals surface area contributed by atoms with Gasteiger partial charge in [-0.25, -0.2) is 17.6 Å². The largest absolute Gasteiger partial charge is 0.374 e. The maximum Gasteiger partial charge on any atom is 0.261 e. The molecule has 0 saturated heterocycles. The first-order valence-corrected chi connectivity index (χ1v) is 5.10. The van der Waals surface area contributed by atoms with Crippen LogP contribution in [-0.4, -0.2) is 26.2 Å². The van der Waals surface area contributed by atoms with Gasteiger partial charge in [0.05, 0.1) is 6.61 Å². The molecule has 0 bridgehead atoms. The molecule has 0 heterocycles. The topological polar surface area (TPSA) is 21.3 Å². The first kappa shape index (κ1) is 13.9. The SMILES string of the molecule is Fc1ccc(CNCCOCC(F)F)c(F)c1. The Labute approximate surface area is 96.6 Å². The number of benzene rings is 1. The molecular weight excluding hydrogens is 238 g/mol. The number of halogens is 4. The molecule has 96 valence electrons. The molecule has 6 heteroatoms. The fourth-order valence-electron chi connectivity index (χ4n) is 1.20. The molecule has 1 aromatic carbocycles. The zero-order valence-corrected chi connectivity index (χ0v) is 9.06. The Balaban J connectivity index is 2.18. The molecule has 1 aromatic rings. The molecule has 1 N–H and O–H groups in total. The smallest absolute Gasteiger partial charge is 0.261 e. The highest BCUT2D eigenvalue weighted by Crippen LogP contribution is 2.08. The van der Waals surface area contributed by atoms with E-state index in [0.717, 1.165) is 12.1 Å². The van der Waals surface area contributed by atoms with E-state index in [2.05, 4.69) is 10.1 Å². The Morgan fingerprint density at radius 3 is 2.65 bits per heavy atom. The van der Waals surface area contributed by atoms with Crippen molar-refractivity contribution in [2.75, 3.05) is 19.8 Å². The Kier molecular flexibility index (Phi) is 5.93. The van der Waals surface area contributed by atoms with Crippen LogP contribution in [0.3, 0.4) is 0 Å². The van der Waals surface area contributed by atoms with Crippen molar-refractivity contribution in [3.05, 3.63) is 35.4 Å². The summed E-state index contributed by atoms with van der Waals surface area (Å²) in [5.41, 5.74) is 0.320. The molecule has 0 spiro atoms. The van der Waals surface area contributed by atoms with Crippen LogP contribution in [0.1, 0.15) is 5.56 Å². The van der Waals surface area contributed by atoms with E-state index >= 15 is 0 Å². The predicted octanol–water partition coefficient (Wildman–Crippen LogP) is 2.34. The molecule has 0 fully saturated rings. The Morgan fingerprint density at radius 2 is 2.00 bits per heavy atom. The average molecular weight is 251 g/mol. The van der Waals surface area contributed by atoms with Gasteiger partial charge >= 0.3 is 0 Å². The summed E-state index contributed by atoms with van der Waals surface area (Å²) in [5, 5.41) is 2.80. The van der Waals surface area contributed by atoms with Crippen molar-refractivity contribution in [3.8, 4) is 0 Å². The van der Waals surface area contributed by atoms with E-state index < -0.39 is 24.7 Å². The van der Waals surface area contributed by atoms with Gasteiger partial charge in [-0.1, -0.05) is 6.07 Å². The number of hydrogen-bond acceptors (Lipinski definition) is 2. The van der Waals surface area contributed by atoms with E-state index in [-0.39, 0.29) is 13.2 Å². The maximum absolute atomic E-state index is 13.1. The lowest BCUT2D eigenvalue weighted by Gasteiger charge is -2.06. The number of hydrogen-bond donors (Lipinski definition) is 1. The third-order valence-electron chi connectivity index (χ3n) is 2.00. The second-order valence-electron chi connectivity index (χ2n) is 3.38. The highest BCUT2D eigenvalue weighted by atomic mass is 19.3. The number of alkyl halides is 2. The Morgan fingerprint density at radius 1 is 1.24 bits per heavy atom. The van der Waals surface area contributed by atoms with Crippen LogP contribution in [0, 0.1) is 11.6 Å². The van der Waals surface area contributed by atoms with Gasteiger partial charge in [-0.15, -0.1) is 0 Å². The van der Waals surface area contributed by atoms with Crippen LogP contribution in [0.5, 0.6) is 0 Å². The fourth-order valence-corrected chi connectivity index (χ4v) is 1.20. The van der Waals surface area contributed by atoms with Crippen molar-refractivity contribution < 1.29 is 22.3 Å². The molecule has 0 aliphatic carbocycles. The van der Waals surface area contributed by atoms with Crippen LogP contribution in [0.15, 0.2) is 18.2 Å². The molecule has 0 aliphatic heterocycles. The lowest BCUT2D eigenvalue weighted by Crippen LogP contribution is -2.21. The summed E-state index contributed by atoms with van der Waals surface area (Å²) < 4.78 is 53.6. The first-order valence-electron chi connectivity index (χ1n) is 5.10. The van der Waals surface area contributed by atoms with Crippen molar-refractivity contribution in [1.82, 2.24) is 5.32 Å². The molecule has 1 rings (SSSR count). The third-order valence-corrected chi connectivity index (χ3v) is 2.00. The minimum absolute atomic E-state index is 0.118. The van der Waals surface area contributed by atoms with Gasteiger partial charge < -0.3 is 10.1 Å². The summed E-state index contributed by atoms with van der Waals surface area (Å²) in [6, 6.07) is 3.29. The molecular formula is C11H13F4NO. The van der Waals surface area contributed by atoms with Crippen LogP contribution in [0.2, 0.25) is 0 Å². The zero-order chi connectivity index (χ0) is 12.7. The van der Waals surface area contributed by atoms with E-state index in [1.54, 1.807) is 0 Å². The van der Waals surface area contributed by atoms with Gasteiger partial charge in [0, 0.05) is 24.7 Å². The molecule has 0 atom stereocenters. The van der Waals surface area contributed by atoms with Gasteiger partial charge in [0.15, 0.2) is 0 Å². The lowest BCUT2D eigenvalue weighted by atomic mass is 10.2. The van der Waals surface area contributed by atoms with Crippen LogP contribution in [0.25, 0.3) is 0 Å². The van der Waals surface area contributed by atoms with Crippen LogP contribution in [-0.2, 0) is 11.3 Å². The summed E-state index contributed by atoms with van der Waals surface area (Å²) in [6.45, 7) is 0.0352. The Hall–Kier alpha value is -1.14. The van der Waals surface area contributed by atoms with Crippen LogP contribution >= 0.6 is 0 Å². The van der Waals surface area contributed by atoms with Gasteiger partial charge in [0.2, 0.25) is 0 Å². The van der Waals surface area contributed by atoms with Gasteiger partial charge in [-0.2, -0.15) is 0 Å². The summed E-state index contributed by atoms with van der Waals surface area (Å²) in [6.07, 6.45) is -2.48. The third kappa shape index (κ3) is 5.65. The number of nitrogens with one attached hydrogen (secondary N) is 1. The van der Waals surface area contributed by atoms with E-state index in [9.17, 15) is 17.6 Å². The van der Waals surface area contributed by atoms with Gasteiger partial charge in [-0.05, 0) is 6.07 Å². The zero-order valence-electron chi connectivity index (χ0n) is 9.06. The second kappa shape index (κ2) is 7.24. The Bertz CT molecular complexity index is 346. The van der Waals surface area contributed by atoms with Crippen molar-refractivity contribution in [1.29, 1.82) is 0 Å². The summed E-state index contributed by atoms with van der Waals surface area (Å²) >= 11 is 0. The number of rotatable bonds is 7. The van der Waals surface area contributed by atoms with Crippen molar-refractivity contribution in [2.24, 2.45) is 0 Å². The molecule has 2 nitrogen and oxygen atoms in total. The van der Waals surface area contributed by atoms with E-state index in [0.29, 0.717) is 12.1 Å². The van der Waals surface area contributed by atoms with Crippen molar-refractivity contribution in [3.63, 3.8) is 0 Å². The van der Waals surface area contributed by atoms with E-state index in [4.69, 9.17) is 0 Å². The summed E-state index contributed by atoms with van der Waals surface area (Å²) in [5.74, 6) is -1.27. The first-order chi connectivity index (χ1) is 8.09. The van der Waals surface area contributed by atoms with Crippen LogP contribution < -0.4 is 5.32 Å². The van der Waals surface area contributed by atoms with Gasteiger partial charge in [0.1, 0.15) is 18.2 Å². The molecule has 0 radical (unpaired) electrons. The molecule has 0 saturated carbocycles. The lowest BCUT2D eigenvalue weighted by molar-refractivity contribution is 0.0187. The highest BCUT2D eigenvalue weighted by Gasteiger charge is 2.03. The normalized spacial score (nSPS) is 11.1. The molecule has 17 heavy (non-hydrogen) atoms.